The molecule has 0 bridgehead atoms. The van der Waals surface area contributed by atoms with E-state index in [9.17, 15) is 30.7 Å². The first-order valence-corrected chi connectivity index (χ1v) is 6.07. The molecular weight excluding hydrogens is 305 g/mol. The highest BCUT2D eigenvalue weighted by atomic mass is 19.4. The molecule has 21 heavy (non-hydrogen) atoms. The zero-order chi connectivity index (χ0) is 16.3. The van der Waals surface area contributed by atoms with E-state index in [1.54, 1.807) is 0 Å². The van der Waals surface area contributed by atoms with E-state index in [1.807, 2.05) is 0 Å². The van der Waals surface area contributed by atoms with E-state index in [0.29, 0.717) is 6.07 Å². The second kappa shape index (κ2) is 6.21. The molecule has 0 aliphatic carbocycles. The largest absolute Gasteiger partial charge is 0.460 e. The van der Waals surface area contributed by atoms with Gasteiger partial charge in [0.15, 0.2) is 0 Å². The lowest BCUT2D eigenvalue weighted by Gasteiger charge is -2.29. The first kappa shape index (κ1) is 17.7. The van der Waals surface area contributed by atoms with Crippen molar-refractivity contribution in [3.63, 3.8) is 0 Å². The molecule has 1 aromatic rings. The number of alkyl halides is 7. The molecule has 0 unspecified atom stereocenters. The summed E-state index contributed by atoms with van der Waals surface area (Å²) < 4.78 is 90.0. The van der Waals surface area contributed by atoms with Gasteiger partial charge in [0.2, 0.25) is 0 Å². The Bertz CT molecular complexity index is 468. The molecule has 1 rings (SSSR count). The monoisotopic (exact) mass is 318 g/mol. The Kier molecular flexibility index (Phi) is 5.25. The fourth-order valence-electron chi connectivity index (χ4n) is 1.82. The number of benzene rings is 1. The van der Waals surface area contributed by atoms with Crippen LogP contribution in [0.3, 0.4) is 0 Å². The lowest BCUT2D eigenvalue weighted by atomic mass is 9.93. The van der Waals surface area contributed by atoms with Crippen LogP contribution in [-0.2, 0) is 12.3 Å². The van der Waals surface area contributed by atoms with Crippen molar-refractivity contribution >= 4 is 0 Å². The number of hydrogen-bond acceptors (Lipinski definition) is 1. The Balaban J connectivity index is 3.19. The maximum Gasteiger partial charge on any atom is 0.460 e. The third-order valence-corrected chi connectivity index (χ3v) is 2.96. The van der Waals surface area contributed by atoms with E-state index in [2.05, 4.69) is 0 Å². The summed E-state index contributed by atoms with van der Waals surface area (Å²) in [6.45, 7) is -0.225. The van der Waals surface area contributed by atoms with Crippen LogP contribution in [0.4, 0.5) is 30.7 Å². The van der Waals surface area contributed by atoms with Gasteiger partial charge in [-0.05, 0) is 24.8 Å². The lowest BCUT2D eigenvalue weighted by Crippen LogP contribution is -2.50. The second-order valence-electron chi connectivity index (χ2n) is 4.48. The highest BCUT2D eigenvalue weighted by Crippen LogP contribution is 2.52. The molecule has 0 radical (unpaired) electrons. The topological polar surface area (TPSA) is 20.2 Å². The fraction of sp³-hybridized carbons (Fsp3) is 0.538. The second-order valence-corrected chi connectivity index (χ2v) is 4.48. The van der Waals surface area contributed by atoms with Crippen molar-refractivity contribution in [2.45, 2.75) is 37.3 Å². The van der Waals surface area contributed by atoms with Crippen molar-refractivity contribution in [2.75, 3.05) is 6.61 Å². The third-order valence-electron chi connectivity index (χ3n) is 2.96. The molecule has 0 heterocycles. The maximum absolute atomic E-state index is 13.7. The Morgan fingerprint density at radius 1 is 0.857 bits per heavy atom. The summed E-state index contributed by atoms with van der Waals surface area (Å²) >= 11 is 0. The number of halogens is 7. The zero-order valence-corrected chi connectivity index (χ0v) is 10.7. The predicted octanol–water partition coefficient (Wildman–Crippen LogP) is 4.29. The number of hydrogen-bond donors (Lipinski definition) is 1. The van der Waals surface area contributed by atoms with E-state index in [4.69, 9.17) is 5.11 Å². The van der Waals surface area contributed by atoms with Gasteiger partial charge in [0.05, 0.1) is 0 Å². The minimum absolute atomic E-state index is 0.125. The smallest absolute Gasteiger partial charge is 0.396 e. The number of aliphatic hydroxyl groups excluding tert-OH is 1. The summed E-state index contributed by atoms with van der Waals surface area (Å²) in [5.41, 5.74) is -1.63. The Hall–Kier alpha value is -1.31. The highest BCUT2D eigenvalue weighted by molar-refractivity contribution is 5.33. The van der Waals surface area contributed by atoms with Gasteiger partial charge in [-0.1, -0.05) is 24.3 Å². The van der Waals surface area contributed by atoms with E-state index >= 15 is 0 Å². The molecule has 120 valence electrons. The molecule has 8 heteroatoms. The van der Waals surface area contributed by atoms with Crippen molar-refractivity contribution in [1.29, 1.82) is 0 Å². The van der Waals surface area contributed by atoms with Crippen molar-refractivity contribution < 1.29 is 35.8 Å². The molecule has 0 aliphatic rings. The SMILES string of the molecule is OCCCCc1ccccc1C(F)(F)C(F)(F)C(F)(F)F. The summed E-state index contributed by atoms with van der Waals surface area (Å²) in [6.07, 6.45) is -6.05. The van der Waals surface area contributed by atoms with Crippen LogP contribution in [0.2, 0.25) is 0 Å². The average Bonchev–Trinajstić information content (AvgIpc) is 2.38. The Morgan fingerprint density at radius 2 is 1.43 bits per heavy atom. The Morgan fingerprint density at radius 3 is 1.95 bits per heavy atom. The van der Waals surface area contributed by atoms with Crippen LogP contribution in [0, 0.1) is 0 Å². The van der Waals surface area contributed by atoms with Crippen LogP contribution in [-0.4, -0.2) is 23.8 Å². The molecule has 0 spiro atoms. The first-order valence-electron chi connectivity index (χ1n) is 6.07. The predicted molar refractivity (Wildman–Crippen MR) is 61.4 cm³/mol. The quantitative estimate of drug-likeness (QED) is 0.613. The Labute approximate surface area is 116 Å². The summed E-state index contributed by atoms with van der Waals surface area (Å²) in [4.78, 5) is 0. The van der Waals surface area contributed by atoms with Crippen LogP contribution in [0.25, 0.3) is 0 Å². The molecule has 1 aromatic carbocycles. The van der Waals surface area contributed by atoms with Gasteiger partial charge in [0.25, 0.3) is 0 Å². The van der Waals surface area contributed by atoms with E-state index in [0.717, 1.165) is 12.1 Å². The molecule has 0 fully saturated rings. The van der Waals surface area contributed by atoms with Gasteiger partial charge in [-0.3, -0.25) is 0 Å². The molecule has 1 nitrogen and oxygen atoms in total. The molecule has 1 N–H and O–H groups in total. The van der Waals surface area contributed by atoms with Crippen LogP contribution < -0.4 is 0 Å². The molecule has 0 saturated carbocycles. The number of aryl methyl sites for hydroxylation is 1. The maximum atomic E-state index is 13.7. The lowest BCUT2D eigenvalue weighted by molar-refractivity contribution is -0.359. The number of aliphatic hydroxyl groups is 1. The normalized spacial score (nSPS) is 13.5. The molecule has 0 aliphatic heterocycles. The minimum Gasteiger partial charge on any atom is -0.396 e. The third kappa shape index (κ3) is 3.48. The molecular formula is C13H13F7O. The van der Waals surface area contributed by atoms with Crippen LogP contribution in [0.5, 0.6) is 0 Å². The van der Waals surface area contributed by atoms with E-state index in [-0.39, 0.29) is 31.4 Å². The van der Waals surface area contributed by atoms with Gasteiger partial charge in [-0.2, -0.15) is 30.7 Å². The van der Waals surface area contributed by atoms with Crippen molar-refractivity contribution in [3.05, 3.63) is 35.4 Å². The van der Waals surface area contributed by atoms with Crippen LogP contribution in [0.1, 0.15) is 24.0 Å². The van der Waals surface area contributed by atoms with Crippen molar-refractivity contribution in [1.82, 2.24) is 0 Å². The molecule has 0 amide bonds. The van der Waals surface area contributed by atoms with Crippen LogP contribution >= 0.6 is 0 Å². The van der Waals surface area contributed by atoms with E-state index < -0.39 is 23.6 Å². The first-order chi connectivity index (χ1) is 9.55. The van der Waals surface area contributed by atoms with Gasteiger partial charge in [-0.15, -0.1) is 0 Å². The number of unbranched alkanes of at least 4 members (excludes halogenated alkanes) is 1. The summed E-state index contributed by atoms with van der Waals surface area (Å²) in [5, 5.41) is 8.59. The van der Waals surface area contributed by atoms with Crippen LogP contribution in [0.15, 0.2) is 24.3 Å². The van der Waals surface area contributed by atoms with Crippen molar-refractivity contribution in [2.24, 2.45) is 0 Å². The summed E-state index contributed by atoms with van der Waals surface area (Å²) in [6, 6.07) is 3.89. The van der Waals surface area contributed by atoms with Gasteiger partial charge >= 0.3 is 18.0 Å². The summed E-state index contributed by atoms with van der Waals surface area (Å²) in [7, 11) is 0. The number of rotatable bonds is 6. The van der Waals surface area contributed by atoms with Gasteiger partial charge in [0.1, 0.15) is 0 Å². The highest BCUT2D eigenvalue weighted by Gasteiger charge is 2.73. The summed E-state index contributed by atoms with van der Waals surface area (Å²) in [5.74, 6) is -11.5. The van der Waals surface area contributed by atoms with Crippen molar-refractivity contribution in [3.8, 4) is 0 Å². The molecule has 0 atom stereocenters. The zero-order valence-electron chi connectivity index (χ0n) is 10.7. The molecule has 0 saturated heterocycles. The average molecular weight is 318 g/mol. The van der Waals surface area contributed by atoms with Gasteiger partial charge < -0.3 is 5.11 Å². The fourth-order valence-corrected chi connectivity index (χ4v) is 1.82. The minimum atomic E-state index is -6.35. The van der Waals surface area contributed by atoms with Gasteiger partial charge in [-0.25, -0.2) is 0 Å². The van der Waals surface area contributed by atoms with Gasteiger partial charge in [0, 0.05) is 12.2 Å². The van der Waals surface area contributed by atoms with E-state index in [1.165, 1.54) is 6.07 Å². The molecule has 0 aromatic heterocycles. The standard InChI is InChI=1S/C13H13F7O/c14-11(15,12(16,17)13(18,19)20)10-7-2-1-5-9(10)6-3-4-8-21/h1-2,5,7,21H,3-4,6,8H2.